The van der Waals surface area contributed by atoms with E-state index in [9.17, 15) is 9.59 Å². The van der Waals surface area contributed by atoms with Gasteiger partial charge in [0.05, 0.1) is 5.92 Å². The van der Waals surface area contributed by atoms with Gasteiger partial charge in [0, 0.05) is 5.75 Å². The van der Waals surface area contributed by atoms with Gasteiger partial charge in [0.2, 0.25) is 5.91 Å². The predicted molar refractivity (Wildman–Crippen MR) is 122 cm³/mol. The highest BCUT2D eigenvalue weighted by Gasteiger charge is 2.28. The molecule has 0 bridgehead atoms. The summed E-state index contributed by atoms with van der Waals surface area (Å²) < 4.78 is 5.51. The number of hydrogen-bond donors (Lipinski definition) is 2. The number of nitrogens with one attached hydrogen (secondary N) is 1. The van der Waals surface area contributed by atoms with Gasteiger partial charge in [0.15, 0.2) is 0 Å². The summed E-state index contributed by atoms with van der Waals surface area (Å²) in [5.74, 6) is -0.442. The Balaban J connectivity index is 2.14. The normalized spacial score (nSPS) is 13.7. The van der Waals surface area contributed by atoms with E-state index in [1.807, 2.05) is 39.0 Å². The van der Waals surface area contributed by atoms with Gasteiger partial charge >= 0.3 is 5.97 Å². The van der Waals surface area contributed by atoms with E-state index in [0.29, 0.717) is 18.6 Å². The number of carbonyl (C=O) groups is 2. The Bertz CT molecular complexity index is 823. The molecular formula is C24H33NO3S. The minimum atomic E-state index is -0.628. The van der Waals surface area contributed by atoms with Gasteiger partial charge in [-0.05, 0) is 49.9 Å². The van der Waals surface area contributed by atoms with E-state index in [1.54, 1.807) is 0 Å². The maximum Gasteiger partial charge on any atom is 0.329 e. The lowest BCUT2D eigenvalue weighted by atomic mass is 9.95. The molecule has 158 valence electrons. The van der Waals surface area contributed by atoms with Crippen molar-refractivity contribution < 1.29 is 14.3 Å². The first kappa shape index (κ1) is 23.3. The van der Waals surface area contributed by atoms with Crippen LogP contribution < -0.4 is 5.32 Å². The van der Waals surface area contributed by atoms with Crippen LogP contribution in [0.5, 0.6) is 0 Å². The average Bonchev–Trinajstić information content (AvgIpc) is 2.67. The minimum Gasteiger partial charge on any atom is -0.458 e. The quantitative estimate of drug-likeness (QED) is 0.450. The van der Waals surface area contributed by atoms with E-state index in [-0.39, 0.29) is 17.8 Å². The summed E-state index contributed by atoms with van der Waals surface area (Å²) in [4.78, 5) is 25.6. The van der Waals surface area contributed by atoms with Gasteiger partial charge in [-0.3, -0.25) is 4.79 Å². The first-order chi connectivity index (χ1) is 13.7. The number of carbonyl (C=O) groups excluding carboxylic acids is 2. The van der Waals surface area contributed by atoms with E-state index in [0.717, 1.165) is 29.2 Å². The van der Waals surface area contributed by atoms with Crippen molar-refractivity contribution in [2.75, 3.05) is 5.75 Å². The van der Waals surface area contributed by atoms with Gasteiger partial charge in [-0.25, -0.2) is 4.79 Å². The smallest absolute Gasteiger partial charge is 0.329 e. The Labute approximate surface area is 179 Å². The Hall–Kier alpha value is -2.01. The molecule has 0 saturated heterocycles. The van der Waals surface area contributed by atoms with Crippen molar-refractivity contribution in [1.82, 2.24) is 5.32 Å². The van der Waals surface area contributed by atoms with Crippen molar-refractivity contribution >= 4 is 35.3 Å². The van der Waals surface area contributed by atoms with Crippen LogP contribution >= 0.6 is 12.6 Å². The van der Waals surface area contributed by atoms with Gasteiger partial charge in [-0.1, -0.05) is 62.2 Å². The lowest BCUT2D eigenvalue weighted by molar-refractivity contribution is -0.159. The second-order valence-electron chi connectivity index (χ2n) is 8.46. The van der Waals surface area contributed by atoms with Crippen molar-refractivity contribution in [2.24, 2.45) is 5.92 Å². The largest absolute Gasteiger partial charge is 0.458 e. The molecule has 0 spiro atoms. The maximum atomic E-state index is 13.0. The Morgan fingerprint density at radius 1 is 1.10 bits per heavy atom. The van der Waals surface area contributed by atoms with Gasteiger partial charge in [-0.15, -0.1) is 0 Å². The molecule has 5 heteroatoms. The molecule has 0 aromatic heterocycles. The van der Waals surface area contributed by atoms with E-state index in [1.165, 1.54) is 0 Å². The fourth-order valence-corrected chi connectivity index (χ4v) is 3.59. The standard InChI is InChI=1S/C24H33NO3S/c1-5-6-14-21(23(27)28-24(2,3)4)25-22(26)19(16-29)15-18-12-9-11-17-10-7-8-13-20(17)18/h7-13,19,21,29H,5-6,14-16H2,1-4H3,(H,25,26)/t19-,21+/m1/s1. The number of fused-ring (bicyclic) bond motifs is 1. The van der Waals surface area contributed by atoms with E-state index in [4.69, 9.17) is 4.74 Å². The van der Waals surface area contributed by atoms with Crippen LogP contribution in [0.4, 0.5) is 0 Å². The summed E-state index contributed by atoms with van der Waals surface area (Å²) in [6.07, 6.45) is 2.94. The first-order valence-corrected chi connectivity index (χ1v) is 11.0. The lowest BCUT2D eigenvalue weighted by Crippen LogP contribution is -2.47. The molecule has 2 rings (SSSR count). The van der Waals surface area contributed by atoms with E-state index >= 15 is 0 Å². The number of amides is 1. The van der Waals surface area contributed by atoms with Crippen molar-refractivity contribution in [2.45, 2.75) is 65.0 Å². The molecule has 0 aliphatic carbocycles. The van der Waals surface area contributed by atoms with Crippen molar-refractivity contribution in [1.29, 1.82) is 0 Å². The fraction of sp³-hybridized carbons (Fsp3) is 0.500. The number of rotatable bonds is 9. The van der Waals surface area contributed by atoms with Crippen LogP contribution in [0.2, 0.25) is 0 Å². The molecule has 0 heterocycles. The summed E-state index contributed by atoms with van der Waals surface area (Å²) in [6.45, 7) is 7.56. The van der Waals surface area contributed by atoms with Crippen LogP contribution in [0, 0.1) is 5.92 Å². The number of ether oxygens (including phenoxy) is 1. The van der Waals surface area contributed by atoms with Gasteiger partial charge in [-0.2, -0.15) is 12.6 Å². The number of unbranched alkanes of at least 4 members (excludes halogenated alkanes) is 1. The maximum absolute atomic E-state index is 13.0. The minimum absolute atomic E-state index is 0.153. The molecule has 4 nitrogen and oxygen atoms in total. The van der Waals surface area contributed by atoms with Gasteiger partial charge in [0.1, 0.15) is 11.6 Å². The molecule has 1 N–H and O–H groups in total. The number of thiol groups is 1. The number of benzene rings is 2. The first-order valence-electron chi connectivity index (χ1n) is 10.4. The number of hydrogen-bond acceptors (Lipinski definition) is 4. The Kier molecular flexibility index (Phi) is 8.57. The van der Waals surface area contributed by atoms with Crippen LogP contribution in [0.25, 0.3) is 10.8 Å². The van der Waals surface area contributed by atoms with E-state index < -0.39 is 11.6 Å². The van der Waals surface area contributed by atoms with Crippen LogP contribution in [0.3, 0.4) is 0 Å². The highest BCUT2D eigenvalue weighted by Crippen LogP contribution is 2.22. The van der Waals surface area contributed by atoms with Crippen LogP contribution in [-0.2, 0) is 20.7 Å². The third-order valence-electron chi connectivity index (χ3n) is 4.79. The third kappa shape index (κ3) is 7.07. The molecule has 0 fully saturated rings. The van der Waals surface area contributed by atoms with Gasteiger partial charge < -0.3 is 10.1 Å². The molecule has 1 amide bonds. The van der Waals surface area contributed by atoms with Crippen molar-refractivity contribution in [3.8, 4) is 0 Å². The molecule has 2 atom stereocenters. The third-order valence-corrected chi connectivity index (χ3v) is 5.23. The molecule has 2 aromatic carbocycles. The molecule has 0 aliphatic rings. The molecule has 29 heavy (non-hydrogen) atoms. The highest BCUT2D eigenvalue weighted by atomic mass is 32.1. The molecule has 0 radical (unpaired) electrons. The monoisotopic (exact) mass is 415 g/mol. The molecule has 2 aromatic rings. The van der Waals surface area contributed by atoms with Crippen LogP contribution in [-0.4, -0.2) is 29.3 Å². The summed E-state index contributed by atoms with van der Waals surface area (Å²) in [6, 6.07) is 13.7. The second kappa shape index (κ2) is 10.7. The van der Waals surface area contributed by atoms with E-state index in [2.05, 4.69) is 49.1 Å². The summed E-state index contributed by atoms with van der Waals surface area (Å²) in [7, 11) is 0. The lowest BCUT2D eigenvalue weighted by Gasteiger charge is -2.26. The zero-order valence-corrected chi connectivity index (χ0v) is 18.8. The average molecular weight is 416 g/mol. The van der Waals surface area contributed by atoms with Crippen LogP contribution in [0.15, 0.2) is 42.5 Å². The van der Waals surface area contributed by atoms with Crippen molar-refractivity contribution in [3.05, 3.63) is 48.0 Å². The molecule has 0 saturated carbocycles. The molecular weight excluding hydrogens is 382 g/mol. The zero-order chi connectivity index (χ0) is 21.4. The highest BCUT2D eigenvalue weighted by molar-refractivity contribution is 7.80. The fourth-order valence-electron chi connectivity index (χ4n) is 3.30. The predicted octanol–water partition coefficient (Wildman–Crippen LogP) is 4.95. The summed E-state index contributed by atoms with van der Waals surface area (Å²) >= 11 is 4.42. The topological polar surface area (TPSA) is 55.4 Å². The van der Waals surface area contributed by atoms with Crippen molar-refractivity contribution in [3.63, 3.8) is 0 Å². The van der Waals surface area contributed by atoms with Gasteiger partial charge in [0.25, 0.3) is 0 Å². The SMILES string of the molecule is CCCC[C@H](NC(=O)[C@@H](CS)Cc1cccc2ccccc12)C(=O)OC(C)(C)C. The molecule has 0 aliphatic heterocycles. The Morgan fingerprint density at radius 2 is 1.79 bits per heavy atom. The second-order valence-corrected chi connectivity index (χ2v) is 8.82. The molecule has 0 unspecified atom stereocenters. The Morgan fingerprint density at radius 3 is 2.45 bits per heavy atom. The number of esters is 1. The zero-order valence-electron chi connectivity index (χ0n) is 17.9. The van der Waals surface area contributed by atoms with Crippen LogP contribution in [0.1, 0.15) is 52.5 Å². The summed E-state index contributed by atoms with van der Waals surface area (Å²) in [5.41, 5.74) is 0.526. The summed E-state index contributed by atoms with van der Waals surface area (Å²) in [5, 5.41) is 5.22.